The minimum absolute atomic E-state index is 0.110. The first-order valence-electron chi connectivity index (χ1n) is 9.61. The molecule has 0 unspecified atom stereocenters. The molecule has 2 aromatic carbocycles. The quantitative estimate of drug-likeness (QED) is 0.661. The van der Waals surface area contributed by atoms with Crippen molar-refractivity contribution in [2.75, 3.05) is 23.3 Å². The van der Waals surface area contributed by atoms with Gasteiger partial charge in [0.2, 0.25) is 0 Å². The molecular weight excluding hydrogens is 364 g/mol. The van der Waals surface area contributed by atoms with E-state index in [9.17, 15) is 9.59 Å². The van der Waals surface area contributed by atoms with Gasteiger partial charge in [-0.1, -0.05) is 42.5 Å². The molecule has 6 heteroatoms. The van der Waals surface area contributed by atoms with Crippen LogP contribution < -0.4 is 15.5 Å². The number of amides is 2. The first-order valence-corrected chi connectivity index (χ1v) is 9.61. The number of pyridine rings is 1. The first-order chi connectivity index (χ1) is 14.2. The second-order valence-electron chi connectivity index (χ2n) is 6.90. The van der Waals surface area contributed by atoms with E-state index < -0.39 is 11.8 Å². The van der Waals surface area contributed by atoms with Gasteiger partial charge in [0.05, 0.1) is 6.04 Å². The Morgan fingerprint density at radius 1 is 0.966 bits per heavy atom. The standard InChI is InChI=1S/C23H22N4O2/c28-22(23(29)26-19-9-2-1-3-10-19)25-16-21(18-8-6-13-24-15-18)27-14-12-17-7-4-5-11-20(17)27/h1-11,13,15,21H,12,14,16H2,(H,25,28)(H,26,29)/t21-/m1/s1. The second kappa shape index (κ2) is 8.56. The van der Waals surface area contributed by atoms with Crippen LogP contribution in [0.25, 0.3) is 0 Å². The number of aromatic nitrogens is 1. The summed E-state index contributed by atoms with van der Waals surface area (Å²) in [5, 5.41) is 5.40. The Morgan fingerprint density at radius 3 is 2.55 bits per heavy atom. The molecule has 1 atom stereocenters. The van der Waals surface area contributed by atoms with Gasteiger partial charge >= 0.3 is 11.8 Å². The monoisotopic (exact) mass is 386 g/mol. The lowest BCUT2D eigenvalue weighted by Gasteiger charge is -2.30. The molecule has 0 saturated carbocycles. The van der Waals surface area contributed by atoms with Gasteiger partial charge in [0, 0.05) is 36.9 Å². The molecule has 2 amide bonds. The van der Waals surface area contributed by atoms with Crippen LogP contribution in [0, 0.1) is 0 Å². The molecular formula is C23H22N4O2. The van der Waals surface area contributed by atoms with Crippen LogP contribution in [0.1, 0.15) is 17.2 Å². The Kier molecular flexibility index (Phi) is 5.52. The number of para-hydroxylation sites is 2. The van der Waals surface area contributed by atoms with E-state index in [1.807, 2.05) is 36.5 Å². The lowest BCUT2D eigenvalue weighted by atomic mass is 10.1. The highest BCUT2D eigenvalue weighted by atomic mass is 16.2. The number of nitrogens with one attached hydrogen (secondary N) is 2. The third kappa shape index (κ3) is 4.27. The average Bonchev–Trinajstić information content (AvgIpc) is 3.19. The van der Waals surface area contributed by atoms with Crippen molar-refractivity contribution in [3.63, 3.8) is 0 Å². The molecule has 1 aliphatic rings. The third-order valence-corrected chi connectivity index (χ3v) is 5.06. The number of rotatable bonds is 5. The number of hydrogen-bond acceptors (Lipinski definition) is 4. The van der Waals surface area contributed by atoms with E-state index in [4.69, 9.17) is 0 Å². The van der Waals surface area contributed by atoms with Gasteiger partial charge in [0.1, 0.15) is 0 Å². The number of hydrogen-bond donors (Lipinski definition) is 2. The van der Waals surface area contributed by atoms with Gasteiger partial charge in [0.15, 0.2) is 0 Å². The summed E-state index contributed by atoms with van der Waals surface area (Å²) in [6.45, 7) is 1.16. The maximum absolute atomic E-state index is 12.4. The van der Waals surface area contributed by atoms with Crippen molar-refractivity contribution in [3.05, 3.63) is 90.3 Å². The molecule has 3 aromatic rings. The van der Waals surface area contributed by atoms with Gasteiger partial charge in [-0.25, -0.2) is 0 Å². The summed E-state index contributed by atoms with van der Waals surface area (Å²) in [6, 6.07) is 21.0. The van der Waals surface area contributed by atoms with Crippen molar-refractivity contribution in [2.45, 2.75) is 12.5 Å². The van der Waals surface area contributed by atoms with E-state index in [-0.39, 0.29) is 6.04 Å². The molecule has 0 fully saturated rings. The SMILES string of the molecule is O=C(NC[C@H](c1cccnc1)N1CCc2ccccc21)C(=O)Nc1ccccc1. The van der Waals surface area contributed by atoms with E-state index in [0.717, 1.165) is 24.2 Å². The molecule has 2 N–H and O–H groups in total. The predicted octanol–water partition coefficient (Wildman–Crippen LogP) is 2.94. The zero-order valence-corrected chi connectivity index (χ0v) is 15.9. The van der Waals surface area contributed by atoms with E-state index >= 15 is 0 Å². The second-order valence-corrected chi connectivity index (χ2v) is 6.90. The topological polar surface area (TPSA) is 74.3 Å². The molecule has 2 heterocycles. The zero-order valence-electron chi connectivity index (χ0n) is 15.9. The Bertz CT molecular complexity index is 992. The molecule has 1 aromatic heterocycles. The third-order valence-electron chi connectivity index (χ3n) is 5.06. The number of benzene rings is 2. The van der Waals surface area contributed by atoms with Gasteiger partial charge in [-0.15, -0.1) is 0 Å². The van der Waals surface area contributed by atoms with Crippen LogP contribution in [-0.2, 0) is 16.0 Å². The Labute approximate surface area is 169 Å². The van der Waals surface area contributed by atoms with Crippen molar-refractivity contribution in [2.24, 2.45) is 0 Å². The van der Waals surface area contributed by atoms with Gasteiger partial charge in [-0.3, -0.25) is 14.6 Å². The van der Waals surface area contributed by atoms with Crippen molar-refractivity contribution >= 4 is 23.2 Å². The zero-order chi connectivity index (χ0) is 20.1. The van der Waals surface area contributed by atoms with Crippen molar-refractivity contribution in [1.82, 2.24) is 10.3 Å². The maximum Gasteiger partial charge on any atom is 0.313 e. The van der Waals surface area contributed by atoms with Crippen LogP contribution in [-0.4, -0.2) is 29.9 Å². The van der Waals surface area contributed by atoms with Gasteiger partial charge < -0.3 is 15.5 Å². The van der Waals surface area contributed by atoms with Crippen LogP contribution in [0.5, 0.6) is 0 Å². The molecule has 0 bridgehead atoms. The van der Waals surface area contributed by atoms with E-state index in [0.29, 0.717) is 12.2 Å². The molecule has 29 heavy (non-hydrogen) atoms. The highest BCUT2D eigenvalue weighted by Crippen LogP contribution is 2.34. The molecule has 0 spiro atoms. The molecule has 0 radical (unpaired) electrons. The molecule has 0 saturated heterocycles. The predicted molar refractivity (Wildman–Crippen MR) is 113 cm³/mol. The van der Waals surface area contributed by atoms with Crippen LogP contribution in [0.2, 0.25) is 0 Å². The minimum atomic E-state index is -0.678. The number of nitrogens with zero attached hydrogens (tertiary/aromatic N) is 2. The summed E-state index contributed by atoms with van der Waals surface area (Å²) in [6.07, 6.45) is 4.49. The number of fused-ring (bicyclic) bond motifs is 1. The lowest BCUT2D eigenvalue weighted by Crippen LogP contribution is -2.41. The number of anilines is 2. The summed E-state index contributed by atoms with van der Waals surface area (Å²) < 4.78 is 0. The molecule has 146 valence electrons. The lowest BCUT2D eigenvalue weighted by molar-refractivity contribution is -0.136. The van der Waals surface area contributed by atoms with E-state index in [1.165, 1.54) is 5.56 Å². The fourth-order valence-corrected chi connectivity index (χ4v) is 3.65. The summed E-state index contributed by atoms with van der Waals surface area (Å²) >= 11 is 0. The fraction of sp³-hybridized carbons (Fsp3) is 0.174. The maximum atomic E-state index is 12.4. The molecule has 1 aliphatic heterocycles. The van der Waals surface area contributed by atoms with Crippen LogP contribution in [0.15, 0.2) is 79.1 Å². The minimum Gasteiger partial charge on any atom is -0.362 e. The van der Waals surface area contributed by atoms with Crippen LogP contribution in [0.4, 0.5) is 11.4 Å². The average molecular weight is 386 g/mol. The Balaban J connectivity index is 1.48. The highest BCUT2D eigenvalue weighted by Gasteiger charge is 2.28. The summed E-state index contributed by atoms with van der Waals surface area (Å²) in [4.78, 5) is 31.1. The largest absolute Gasteiger partial charge is 0.362 e. The van der Waals surface area contributed by atoms with Crippen molar-refractivity contribution < 1.29 is 9.59 Å². The van der Waals surface area contributed by atoms with Gasteiger partial charge in [-0.05, 0) is 41.8 Å². The summed E-state index contributed by atoms with van der Waals surface area (Å²) in [5.74, 6) is -1.34. The first kappa shape index (κ1) is 18.7. The summed E-state index contributed by atoms with van der Waals surface area (Å²) in [7, 11) is 0. The Morgan fingerprint density at radius 2 is 1.76 bits per heavy atom. The van der Waals surface area contributed by atoms with Crippen LogP contribution in [0.3, 0.4) is 0 Å². The Hall–Kier alpha value is -3.67. The van der Waals surface area contributed by atoms with Gasteiger partial charge in [-0.2, -0.15) is 0 Å². The van der Waals surface area contributed by atoms with Crippen molar-refractivity contribution in [1.29, 1.82) is 0 Å². The van der Waals surface area contributed by atoms with Crippen molar-refractivity contribution in [3.8, 4) is 0 Å². The highest BCUT2D eigenvalue weighted by molar-refractivity contribution is 6.39. The number of carbonyl (C=O) groups is 2. The van der Waals surface area contributed by atoms with E-state index in [2.05, 4.69) is 32.7 Å². The molecule has 6 nitrogen and oxygen atoms in total. The summed E-state index contributed by atoms with van der Waals surface area (Å²) in [5.41, 5.74) is 4.02. The van der Waals surface area contributed by atoms with Crippen LogP contribution >= 0.6 is 0 Å². The fourth-order valence-electron chi connectivity index (χ4n) is 3.65. The smallest absolute Gasteiger partial charge is 0.313 e. The molecule has 4 rings (SSSR count). The molecule has 0 aliphatic carbocycles. The van der Waals surface area contributed by atoms with Gasteiger partial charge in [0.25, 0.3) is 0 Å². The van der Waals surface area contributed by atoms with E-state index in [1.54, 1.807) is 30.5 Å². The number of carbonyl (C=O) groups excluding carboxylic acids is 2. The normalized spacial score (nSPS) is 13.4.